The quantitative estimate of drug-likeness (QED) is 0.644. The summed E-state index contributed by atoms with van der Waals surface area (Å²) in [5, 5.41) is 3.95. The number of pyridine rings is 1. The SMILES string of the molecule is CC(CC(=O)N1CCOCC1)=NNC(=O)c1ccncc1. The summed E-state index contributed by atoms with van der Waals surface area (Å²) in [6, 6.07) is 3.19. The van der Waals surface area contributed by atoms with Gasteiger partial charge in [0.25, 0.3) is 5.91 Å². The fourth-order valence-electron chi connectivity index (χ4n) is 1.90. The number of carbonyl (C=O) groups is 2. The molecule has 2 heterocycles. The average molecular weight is 290 g/mol. The van der Waals surface area contributed by atoms with Crippen LogP contribution in [0.25, 0.3) is 0 Å². The summed E-state index contributed by atoms with van der Waals surface area (Å²) in [6.07, 6.45) is 3.26. The molecule has 1 aromatic heterocycles. The van der Waals surface area contributed by atoms with E-state index in [-0.39, 0.29) is 18.2 Å². The number of carbonyl (C=O) groups excluding carboxylic acids is 2. The van der Waals surface area contributed by atoms with Gasteiger partial charge in [0, 0.05) is 36.8 Å². The molecule has 112 valence electrons. The fourth-order valence-corrected chi connectivity index (χ4v) is 1.90. The minimum atomic E-state index is -0.324. The highest BCUT2D eigenvalue weighted by molar-refractivity contribution is 6.01. The van der Waals surface area contributed by atoms with Crippen LogP contribution in [-0.4, -0.2) is 53.7 Å². The lowest BCUT2D eigenvalue weighted by atomic mass is 10.2. The fraction of sp³-hybridized carbons (Fsp3) is 0.429. The summed E-state index contributed by atoms with van der Waals surface area (Å²) in [4.78, 5) is 29.4. The molecule has 7 nitrogen and oxygen atoms in total. The molecule has 0 aromatic carbocycles. The lowest BCUT2D eigenvalue weighted by Gasteiger charge is -2.26. The van der Waals surface area contributed by atoms with Gasteiger partial charge in [0.05, 0.1) is 19.6 Å². The van der Waals surface area contributed by atoms with E-state index in [1.165, 1.54) is 12.4 Å². The Labute approximate surface area is 123 Å². The Morgan fingerprint density at radius 1 is 1.33 bits per heavy atom. The van der Waals surface area contributed by atoms with Gasteiger partial charge >= 0.3 is 0 Å². The molecule has 1 aliphatic rings. The highest BCUT2D eigenvalue weighted by atomic mass is 16.5. The second-order valence-corrected chi connectivity index (χ2v) is 4.69. The van der Waals surface area contributed by atoms with Crippen molar-refractivity contribution in [2.75, 3.05) is 26.3 Å². The number of amides is 2. The molecule has 0 atom stereocenters. The highest BCUT2D eigenvalue weighted by Gasteiger charge is 2.17. The van der Waals surface area contributed by atoms with Crippen LogP contribution in [0.1, 0.15) is 23.7 Å². The van der Waals surface area contributed by atoms with E-state index < -0.39 is 0 Å². The van der Waals surface area contributed by atoms with Gasteiger partial charge in [-0.3, -0.25) is 14.6 Å². The third kappa shape index (κ3) is 4.64. The first-order valence-corrected chi connectivity index (χ1v) is 6.76. The van der Waals surface area contributed by atoms with Crippen LogP contribution in [-0.2, 0) is 9.53 Å². The van der Waals surface area contributed by atoms with Crippen LogP contribution >= 0.6 is 0 Å². The summed E-state index contributed by atoms with van der Waals surface area (Å²) in [5.74, 6) is -0.326. The van der Waals surface area contributed by atoms with Crippen molar-refractivity contribution < 1.29 is 14.3 Å². The molecule has 2 amide bonds. The second-order valence-electron chi connectivity index (χ2n) is 4.69. The van der Waals surface area contributed by atoms with E-state index in [2.05, 4.69) is 15.5 Å². The zero-order chi connectivity index (χ0) is 15.1. The Bertz CT molecular complexity index is 524. The first-order valence-electron chi connectivity index (χ1n) is 6.76. The molecule has 0 bridgehead atoms. The third-order valence-electron chi connectivity index (χ3n) is 3.06. The molecule has 21 heavy (non-hydrogen) atoms. The number of ether oxygens (including phenoxy) is 1. The summed E-state index contributed by atoms with van der Waals surface area (Å²) in [7, 11) is 0. The molecular formula is C14H18N4O3. The van der Waals surface area contributed by atoms with Gasteiger partial charge in [-0.2, -0.15) is 5.10 Å². The first kappa shape index (κ1) is 15.1. The summed E-state index contributed by atoms with van der Waals surface area (Å²) in [5.41, 5.74) is 3.47. The van der Waals surface area contributed by atoms with E-state index in [1.54, 1.807) is 24.0 Å². The number of hydrogen-bond donors (Lipinski definition) is 1. The standard InChI is InChI=1S/C14H18N4O3/c1-11(10-13(19)18-6-8-21-9-7-18)16-17-14(20)12-2-4-15-5-3-12/h2-5H,6-10H2,1H3,(H,17,20). The summed E-state index contributed by atoms with van der Waals surface area (Å²) < 4.78 is 5.20. The molecule has 2 rings (SSSR count). The minimum Gasteiger partial charge on any atom is -0.378 e. The number of nitrogens with one attached hydrogen (secondary N) is 1. The number of nitrogens with zero attached hydrogens (tertiary/aromatic N) is 3. The Hall–Kier alpha value is -2.28. The Balaban J connectivity index is 1.83. The van der Waals surface area contributed by atoms with Crippen molar-refractivity contribution in [3.05, 3.63) is 30.1 Å². The average Bonchev–Trinajstić information content (AvgIpc) is 2.54. The number of hydrogen-bond acceptors (Lipinski definition) is 5. The predicted molar refractivity (Wildman–Crippen MR) is 76.8 cm³/mol. The van der Waals surface area contributed by atoms with Crippen LogP contribution in [0.3, 0.4) is 0 Å². The summed E-state index contributed by atoms with van der Waals surface area (Å²) >= 11 is 0. The van der Waals surface area contributed by atoms with Crippen molar-refractivity contribution in [1.82, 2.24) is 15.3 Å². The smallest absolute Gasteiger partial charge is 0.271 e. The molecule has 0 spiro atoms. The van der Waals surface area contributed by atoms with E-state index >= 15 is 0 Å². The Kier molecular flexibility index (Phi) is 5.39. The first-order chi connectivity index (χ1) is 10.2. The molecule has 1 N–H and O–H groups in total. The van der Waals surface area contributed by atoms with Crippen LogP contribution in [0.4, 0.5) is 0 Å². The maximum absolute atomic E-state index is 12.0. The van der Waals surface area contributed by atoms with Crippen LogP contribution in [0.5, 0.6) is 0 Å². The zero-order valence-electron chi connectivity index (χ0n) is 11.9. The van der Waals surface area contributed by atoms with Crippen LogP contribution in [0.2, 0.25) is 0 Å². The molecule has 7 heteroatoms. The molecule has 0 radical (unpaired) electrons. The lowest BCUT2D eigenvalue weighted by molar-refractivity contribution is -0.133. The van der Waals surface area contributed by atoms with Crippen molar-refractivity contribution in [3.8, 4) is 0 Å². The van der Waals surface area contributed by atoms with Crippen molar-refractivity contribution in [2.45, 2.75) is 13.3 Å². The van der Waals surface area contributed by atoms with Crippen LogP contribution < -0.4 is 5.43 Å². The molecular weight excluding hydrogens is 272 g/mol. The molecule has 1 fully saturated rings. The van der Waals surface area contributed by atoms with Crippen LogP contribution in [0, 0.1) is 0 Å². The van der Waals surface area contributed by atoms with Gasteiger partial charge < -0.3 is 9.64 Å². The van der Waals surface area contributed by atoms with Gasteiger partial charge in [-0.05, 0) is 19.1 Å². The van der Waals surface area contributed by atoms with Gasteiger partial charge in [-0.25, -0.2) is 5.43 Å². The van der Waals surface area contributed by atoms with Gasteiger partial charge in [0.15, 0.2) is 0 Å². The molecule has 0 saturated carbocycles. The molecule has 0 aliphatic carbocycles. The topological polar surface area (TPSA) is 83.9 Å². The largest absolute Gasteiger partial charge is 0.378 e. The van der Waals surface area contributed by atoms with E-state index in [4.69, 9.17) is 4.74 Å². The normalized spacial score (nSPS) is 15.7. The number of rotatable bonds is 4. The highest BCUT2D eigenvalue weighted by Crippen LogP contribution is 2.01. The molecule has 1 aliphatic heterocycles. The second kappa shape index (κ2) is 7.49. The molecule has 1 aromatic rings. The number of aromatic nitrogens is 1. The summed E-state index contributed by atoms with van der Waals surface area (Å²) in [6.45, 7) is 4.07. The molecule has 0 unspecified atom stereocenters. The maximum Gasteiger partial charge on any atom is 0.271 e. The van der Waals surface area contributed by atoms with Gasteiger partial charge in [-0.1, -0.05) is 0 Å². The van der Waals surface area contributed by atoms with Gasteiger partial charge in [-0.15, -0.1) is 0 Å². The van der Waals surface area contributed by atoms with Crippen molar-refractivity contribution >= 4 is 17.5 Å². The number of hydrazone groups is 1. The van der Waals surface area contributed by atoms with Crippen LogP contribution in [0.15, 0.2) is 29.6 Å². The van der Waals surface area contributed by atoms with Crippen molar-refractivity contribution in [2.24, 2.45) is 5.10 Å². The van der Waals surface area contributed by atoms with Crippen molar-refractivity contribution in [3.63, 3.8) is 0 Å². The maximum atomic E-state index is 12.0. The lowest BCUT2D eigenvalue weighted by Crippen LogP contribution is -2.41. The Morgan fingerprint density at radius 3 is 2.67 bits per heavy atom. The Morgan fingerprint density at radius 2 is 2.00 bits per heavy atom. The van der Waals surface area contributed by atoms with E-state index in [0.29, 0.717) is 37.6 Å². The van der Waals surface area contributed by atoms with E-state index in [1.807, 2.05) is 0 Å². The zero-order valence-corrected chi connectivity index (χ0v) is 11.9. The minimum absolute atomic E-state index is 0.00212. The van der Waals surface area contributed by atoms with Gasteiger partial charge in [0.1, 0.15) is 0 Å². The predicted octanol–water partition coefficient (Wildman–Crippen LogP) is 0.436. The molecule has 1 saturated heterocycles. The number of morpholine rings is 1. The van der Waals surface area contributed by atoms with Gasteiger partial charge in [0.2, 0.25) is 5.91 Å². The van der Waals surface area contributed by atoms with E-state index in [9.17, 15) is 9.59 Å². The van der Waals surface area contributed by atoms with E-state index in [0.717, 1.165) is 0 Å². The monoisotopic (exact) mass is 290 g/mol. The third-order valence-corrected chi connectivity index (χ3v) is 3.06. The van der Waals surface area contributed by atoms with Crippen molar-refractivity contribution in [1.29, 1.82) is 0 Å².